The van der Waals surface area contributed by atoms with Gasteiger partial charge in [0, 0.05) is 6.04 Å². The molecular weight excluding hydrogens is 194 g/mol. The SMILES string of the molecule is C[C@H](OC(=O)[C@H]1C[C@H]1C)C(=O)NC1CC1. The molecule has 0 aromatic rings. The lowest BCUT2D eigenvalue weighted by Gasteiger charge is -2.12. The van der Waals surface area contributed by atoms with Gasteiger partial charge in [0.25, 0.3) is 5.91 Å². The molecule has 2 aliphatic rings. The van der Waals surface area contributed by atoms with Crippen molar-refractivity contribution < 1.29 is 14.3 Å². The van der Waals surface area contributed by atoms with Crippen LogP contribution in [-0.2, 0) is 14.3 Å². The zero-order chi connectivity index (χ0) is 11.0. The molecule has 15 heavy (non-hydrogen) atoms. The number of rotatable bonds is 4. The molecule has 1 amide bonds. The summed E-state index contributed by atoms with van der Waals surface area (Å²) in [6, 6.07) is 0.318. The van der Waals surface area contributed by atoms with E-state index < -0.39 is 6.10 Å². The molecule has 2 fully saturated rings. The van der Waals surface area contributed by atoms with Crippen molar-refractivity contribution in [1.29, 1.82) is 0 Å². The maximum atomic E-state index is 11.5. The van der Waals surface area contributed by atoms with Gasteiger partial charge < -0.3 is 10.1 Å². The molecule has 0 radical (unpaired) electrons. The fraction of sp³-hybridized carbons (Fsp3) is 0.818. The summed E-state index contributed by atoms with van der Waals surface area (Å²) in [5.41, 5.74) is 0. The predicted octanol–water partition coefficient (Wildman–Crippen LogP) is 0.853. The topological polar surface area (TPSA) is 55.4 Å². The van der Waals surface area contributed by atoms with E-state index in [0.29, 0.717) is 12.0 Å². The average Bonchev–Trinajstić information content (AvgIpc) is 3.03. The van der Waals surface area contributed by atoms with E-state index in [1.807, 2.05) is 6.92 Å². The monoisotopic (exact) mass is 211 g/mol. The van der Waals surface area contributed by atoms with Crippen molar-refractivity contribution in [3.05, 3.63) is 0 Å². The summed E-state index contributed by atoms with van der Waals surface area (Å²) in [5.74, 6) is 0.0671. The molecule has 2 aliphatic carbocycles. The van der Waals surface area contributed by atoms with Crippen molar-refractivity contribution in [1.82, 2.24) is 5.32 Å². The Morgan fingerprint density at radius 2 is 2.00 bits per heavy atom. The first-order chi connectivity index (χ1) is 7.08. The van der Waals surface area contributed by atoms with Gasteiger partial charge in [-0.1, -0.05) is 6.92 Å². The highest BCUT2D eigenvalue weighted by Crippen LogP contribution is 2.38. The largest absolute Gasteiger partial charge is 0.452 e. The van der Waals surface area contributed by atoms with Crippen LogP contribution >= 0.6 is 0 Å². The molecule has 0 aromatic heterocycles. The van der Waals surface area contributed by atoms with Crippen LogP contribution < -0.4 is 5.32 Å². The Hall–Kier alpha value is -1.06. The van der Waals surface area contributed by atoms with Gasteiger partial charge >= 0.3 is 5.97 Å². The predicted molar refractivity (Wildman–Crippen MR) is 54.0 cm³/mol. The third-order valence-electron chi connectivity index (χ3n) is 3.00. The highest BCUT2D eigenvalue weighted by Gasteiger charge is 2.41. The van der Waals surface area contributed by atoms with E-state index in [1.165, 1.54) is 0 Å². The van der Waals surface area contributed by atoms with Crippen LogP contribution in [0.2, 0.25) is 0 Å². The Morgan fingerprint density at radius 1 is 1.40 bits per heavy atom. The molecule has 84 valence electrons. The second kappa shape index (κ2) is 3.83. The van der Waals surface area contributed by atoms with Crippen LogP contribution in [-0.4, -0.2) is 24.0 Å². The van der Waals surface area contributed by atoms with Crippen molar-refractivity contribution in [2.24, 2.45) is 11.8 Å². The van der Waals surface area contributed by atoms with E-state index in [9.17, 15) is 9.59 Å². The first kappa shape index (κ1) is 10.5. The van der Waals surface area contributed by atoms with Crippen LogP contribution in [0.25, 0.3) is 0 Å². The van der Waals surface area contributed by atoms with Crippen molar-refractivity contribution in [3.8, 4) is 0 Å². The molecule has 0 aliphatic heterocycles. The van der Waals surface area contributed by atoms with Crippen LogP contribution in [0, 0.1) is 11.8 Å². The van der Waals surface area contributed by atoms with Gasteiger partial charge in [-0.3, -0.25) is 9.59 Å². The minimum atomic E-state index is -0.647. The standard InChI is InChI=1S/C11H17NO3/c1-6-5-9(6)11(14)15-7(2)10(13)12-8-3-4-8/h6-9H,3-5H2,1-2H3,(H,12,13)/t6-,7+,9+/m1/s1. The Morgan fingerprint density at radius 3 is 2.47 bits per heavy atom. The highest BCUT2D eigenvalue weighted by atomic mass is 16.5. The van der Waals surface area contributed by atoms with E-state index in [2.05, 4.69) is 5.32 Å². The molecule has 0 aromatic carbocycles. The molecular formula is C11H17NO3. The molecule has 0 spiro atoms. The van der Waals surface area contributed by atoms with Crippen molar-refractivity contribution >= 4 is 11.9 Å². The van der Waals surface area contributed by atoms with Crippen molar-refractivity contribution in [2.45, 2.75) is 45.3 Å². The third kappa shape index (κ3) is 2.70. The summed E-state index contributed by atoms with van der Waals surface area (Å²) < 4.78 is 5.08. The van der Waals surface area contributed by atoms with E-state index in [0.717, 1.165) is 19.3 Å². The fourth-order valence-electron chi connectivity index (χ4n) is 1.51. The van der Waals surface area contributed by atoms with E-state index in [-0.39, 0.29) is 17.8 Å². The first-order valence-electron chi connectivity index (χ1n) is 5.59. The van der Waals surface area contributed by atoms with Gasteiger partial charge in [-0.25, -0.2) is 0 Å². The summed E-state index contributed by atoms with van der Waals surface area (Å²) >= 11 is 0. The fourth-order valence-corrected chi connectivity index (χ4v) is 1.51. The van der Waals surface area contributed by atoms with Gasteiger partial charge in [0.15, 0.2) is 6.10 Å². The maximum Gasteiger partial charge on any atom is 0.309 e. The van der Waals surface area contributed by atoms with Crippen LogP contribution in [0.3, 0.4) is 0 Å². The van der Waals surface area contributed by atoms with Crippen LogP contribution in [0.15, 0.2) is 0 Å². The molecule has 0 unspecified atom stereocenters. The van der Waals surface area contributed by atoms with Crippen LogP contribution in [0.1, 0.15) is 33.1 Å². The van der Waals surface area contributed by atoms with Gasteiger partial charge in [0.2, 0.25) is 0 Å². The molecule has 0 bridgehead atoms. The minimum Gasteiger partial charge on any atom is -0.452 e. The molecule has 1 N–H and O–H groups in total. The number of hydrogen-bond acceptors (Lipinski definition) is 3. The van der Waals surface area contributed by atoms with Gasteiger partial charge in [0.05, 0.1) is 5.92 Å². The number of amides is 1. The third-order valence-corrected chi connectivity index (χ3v) is 3.00. The molecule has 3 atom stereocenters. The van der Waals surface area contributed by atoms with Crippen LogP contribution in [0.5, 0.6) is 0 Å². The summed E-state index contributed by atoms with van der Waals surface area (Å²) in [6.07, 6.45) is 2.35. The van der Waals surface area contributed by atoms with E-state index >= 15 is 0 Å². The Kier molecular flexibility index (Phi) is 2.67. The average molecular weight is 211 g/mol. The normalized spacial score (nSPS) is 30.5. The minimum absolute atomic E-state index is 0.0289. The molecule has 4 heteroatoms. The highest BCUT2D eigenvalue weighted by molar-refractivity contribution is 5.85. The first-order valence-corrected chi connectivity index (χ1v) is 5.59. The summed E-state index contributed by atoms with van der Waals surface area (Å²) in [6.45, 7) is 3.64. The Labute approximate surface area is 89.4 Å². The second-order valence-electron chi connectivity index (χ2n) is 4.68. The number of hydrogen-bond donors (Lipinski definition) is 1. The smallest absolute Gasteiger partial charge is 0.309 e. The van der Waals surface area contributed by atoms with E-state index in [4.69, 9.17) is 4.74 Å². The lowest BCUT2D eigenvalue weighted by molar-refractivity contribution is -0.156. The molecule has 2 saturated carbocycles. The van der Waals surface area contributed by atoms with Crippen LogP contribution in [0.4, 0.5) is 0 Å². The number of carbonyl (C=O) groups is 2. The number of nitrogens with one attached hydrogen (secondary N) is 1. The van der Waals surface area contributed by atoms with Crippen molar-refractivity contribution in [3.63, 3.8) is 0 Å². The quantitative estimate of drug-likeness (QED) is 0.701. The maximum absolute atomic E-state index is 11.5. The zero-order valence-corrected chi connectivity index (χ0v) is 9.16. The summed E-state index contributed by atoms with van der Waals surface area (Å²) in [5, 5.41) is 2.81. The van der Waals surface area contributed by atoms with Gasteiger partial charge in [-0.05, 0) is 32.1 Å². The molecule has 0 saturated heterocycles. The Balaban J connectivity index is 1.72. The lowest BCUT2D eigenvalue weighted by Crippen LogP contribution is -2.37. The molecule has 0 heterocycles. The van der Waals surface area contributed by atoms with Gasteiger partial charge in [0.1, 0.15) is 0 Å². The number of carbonyl (C=O) groups excluding carboxylic acids is 2. The zero-order valence-electron chi connectivity index (χ0n) is 9.16. The lowest BCUT2D eigenvalue weighted by atomic mass is 10.3. The molecule has 2 rings (SSSR count). The molecule has 4 nitrogen and oxygen atoms in total. The van der Waals surface area contributed by atoms with Gasteiger partial charge in [-0.15, -0.1) is 0 Å². The number of esters is 1. The van der Waals surface area contributed by atoms with Crippen molar-refractivity contribution in [2.75, 3.05) is 0 Å². The second-order valence-corrected chi connectivity index (χ2v) is 4.68. The summed E-state index contributed by atoms with van der Waals surface area (Å²) in [7, 11) is 0. The Bertz CT molecular complexity index is 286. The van der Waals surface area contributed by atoms with E-state index in [1.54, 1.807) is 6.92 Å². The van der Waals surface area contributed by atoms with Gasteiger partial charge in [-0.2, -0.15) is 0 Å². The number of ether oxygens (including phenoxy) is 1. The summed E-state index contributed by atoms with van der Waals surface area (Å²) in [4.78, 5) is 22.9.